The summed E-state index contributed by atoms with van der Waals surface area (Å²) in [7, 11) is -3.62. The Balaban J connectivity index is 2.11. The van der Waals surface area contributed by atoms with Crippen LogP contribution in [0.2, 0.25) is 0 Å². The highest BCUT2D eigenvalue weighted by molar-refractivity contribution is 7.89. The fourth-order valence-corrected chi connectivity index (χ4v) is 4.05. The van der Waals surface area contributed by atoms with E-state index in [1.807, 2.05) is 31.2 Å². The molecule has 0 heterocycles. The van der Waals surface area contributed by atoms with E-state index in [1.165, 1.54) is 16.4 Å². The van der Waals surface area contributed by atoms with E-state index >= 15 is 0 Å². The maximum absolute atomic E-state index is 12.6. The molecule has 6 nitrogen and oxygen atoms in total. The van der Waals surface area contributed by atoms with Crippen LogP contribution in [0.5, 0.6) is 0 Å². The summed E-state index contributed by atoms with van der Waals surface area (Å²) in [6, 6.07) is 13.7. The topological polar surface area (TPSA) is 78.5 Å². The largest absolute Gasteiger partial charge is 0.298 e. The molecule has 0 radical (unpaired) electrons. The molecule has 0 bridgehead atoms. The van der Waals surface area contributed by atoms with Gasteiger partial charge in [-0.25, -0.2) is 8.42 Å². The molecule has 2 aromatic rings. The number of nitrogens with one attached hydrogen (secondary N) is 2. The van der Waals surface area contributed by atoms with Crippen molar-refractivity contribution < 1.29 is 13.2 Å². The van der Waals surface area contributed by atoms with Gasteiger partial charge in [0.15, 0.2) is 0 Å². The predicted molar refractivity (Wildman–Crippen MR) is 107 cm³/mol. The Morgan fingerprint density at radius 1 is 1.00 bits per heavy atom. The first-order valence-electron chi connectivity index (χ1n) is 8.72. The number of nitrogens with zero attached hydrogens (tertiary/aromatic N) is 1. The Morgan fingerprint density at radius 2 is 1.63 bits per heavy atom. The van der Waals surface area contributed by atoms with E-state index in [-0.39, 0.29) is 10.5 Å². The van der Waals surface area contributed by atoms with E-state index in [0.29, 0.717) is 18.8 Å². The van der Waals surface area contributed by atoms with E-state index in [1.54, 1.807) is 26.0 Å². The van der Waals surface area contributed by atoms with E-state index in [2.05, 4.69) is 17.4 Å². The Labute approximate surface area is 160 Å². The zero-order valence-electron chi connectivity index (χ0n) is 15.8. The van der Waals surface area contributed by atoms with Gasteiger partial charge < -0.3 is 0 Å². The van der Waals surface area contributed by atoms with Crippen LogP contribution in [0.15, 0.2) is 60.0 Å². The number of benzene rings is 2. The minimum atomic E-state index is -3.62. The highest BCUT2D eigenvalue weighted by Gasteiger charge is 2.22. The highest BCUT2D eigenvalue weighted by Crippen LogP contribution is 2.17. The summed E-state index contributed by atoms with van der Waals surface area (Å²) in [6.07, 6.45) is 0. The molecule has 0 aliphatic heterocycles. The van der Waals surface area contributed by atoms with Crippen molar-refractivity contribution in [3.05, 3.63) is 71.8 Å². The second kappa shape index (κ2) is 8.83. The van der Waals surface area contributed by atoms with Crippen LogP contribution in [-0.4, -0.2) is 31.7 Å². The summed E-state index contributed by atoms with van der Waals surface area (Å²) < 4.78 is 26.6. The fraction of sp³-hybridized carbons (Fsp3) is 0.250. The van der Waals surface area contributed by atoms with E-state index in [4.69, 9.17) is 0 Å². The number of hydrazine groups is 1. The second-order valence-corrected chi connectivity index (χ2v) is 7.98. The molecule has 0 unspecified atom stereocenters. The number of hydrogen-bond acceptors (Lipinski definition) is 4. The molecule has 2 N–H and O–H groups in total. The third-order valence-corrected chi connectivity index (χ3v) is 6.21. The molecule has 7 heteroatoms. The van der Waals surface area contributed by atoms with Gasteiger partial charge in [0.25, 0.3) is 5.91 Å². The van der Waals surface area contributed by atoms with Crippen molar-refractivity contribution in [3.8, 4) is 0 Å². The van der Waals surface area contributed by atoms with Gasteiger partial charge in [0.2, 0.25) is 10.0 Å². The van der Waals surface area contributed by atoms with Crippen LogP contribution in [0.1, 0.15) is 35.3 Å². The van der Waals surface area contributed by atoms with Crippen molar-refractivity contribution in [2.75, 3.05) is 13.1 Å². The average molecular weight is 388 g/mol. The Morgan fingerprint density at radius 3 is 2.22 bits per heavy atom. The van der Waals surface area contributed by atoms with Crippen molar-refractivity contribution in [2.24, 2.45) is 0 Å². The average Bonchev–Trinajstić information content (AvgIpc) is 2.67. The minimum Gasteiger partial charge on any atom is -0.298 e. The number of hydrogen-bond donors (Lipinski definition) is 2. The van der Waals surface area contributed by atoms with Gasteiger partial charge in [-0.3, -0.25) is 15.6 Å². The first-order chi connectivity index (χ1) is 12.8. The van der Waals surface area contributed by atoms with E-state index < -0.39 is 15.9 Å². The van der Waals surface area contributed by atoms with Crippen LogP contribution in [0.3, 0.4) is 0 Å². The van der Waals surface area contributed by atoms with E-state index in [0.717, 1.165) is 11.1 Å². The van der Waals surface area contributed by atoms with Crippen molar-refractivity contribution in [1.29, 1.82) is 0 Å². The zero-order chi connectivity index (χ0) is 20.0. The smallest absolute Gasteiger partial charge is 0.269 e. The van der Waals surface area contributed by atoms with Crippen molar-refractivity contribution >= 4 is 21.6 Å². The van der Waals surface area contributed by atoms with Crippen molar-refractivity contribution in [2.45, 2.75) is 25.7 Å². The van der Waals surface area contributed by atoms with Crippen LogP contribution in [0.4, 0.5) is 0 Å². The fourth-order valence-electron chi connectivity index (χ4n) is 2.54. The number of sulfonamides is 1. The van der Waals surface area contributed by atoms with Gasteiger partial charge in [-0.15, -0.1) is 0 Å². The lowest BCUT2D eigenvalue weighted by Gasteiger charge is -2.18. The lowest BCUT2D eigenvalue weighted by molar-refractivity contribution is 0.0942. The Kier molecular flexibility index (Phi) is 6.76. The maximum atomic E-state index is 12.6. The third-order valence-electron chi connectivity index (χ3n) is 4.17. The molecular weight excluding hydrogens is 362 g/mol. The van der Waals surface area contributed by atoms with Crippen molar-refractivity contribution in [1.82, 2.24) is 15.2 Å². The van der Waals surface area contributed by atoms with Gasteiger partial charge in [-0.1, -0.05) is 56.3 Å². The SMILES string of the molecule is C=C(NNC(=O)c1cccc(S(=O)(=O)N(CC)CC)c1)c1ccc(C)cc1. The first kappa shape index (κ1) is 20.7. The van der Waals surface area contributed by atoms with Gasteiger partial charge in [0, 0.05) is 18.7 Å². The van der Waals surface area contributed by atoms with Crippen LogP contribution in [-0.2, 0) is 10.0 Å². The summed E-state index contributed by atoms with van der Waals surface area (Å²) in [5, 5.41) is 0. The van der Waals surface area contributed by atoms with Crippen LogP contribution >= 0.6 is 0 Å². The number of amides is 1. The van der Waals surface area contributed by atoms with Gasteiger partial charge in [-0.2, -0.15) is 4.31 Å². The molecule has 0 aromatic heterocycles. The number of carbonyl (C=O) groups excluding carboxylic acids is 1. The molecule has 0 saturated carbocycles. The standard InChI is InChI=1S/C20H25N3O3S/c1-5-23(6-2)27(25,26)19-9-7-8-18(14-19)20(24)22-21-16(4)17-12-10-15(3)11-13-17/h7-14,21H,4-6H2,1-3H3,(H,22,24). The number of rotatable bonds is 8. The first-order valence-corrected chi connectivity index (χ1v) is 10.2. The molecule has 0 aliphatic carbocycles. The minimum absolute atomic E-state index is 0.0937. The molecule has 2 rings (SSSR count). The molecule has 0 spiro atoms. The van der Waals surface area contributed by atoms with Crippen molar-refractivity contribution in [3.63, 3.8) is 0 Å². The Bertz CT molecular complexity index is 918. The third kappa shape index (κ3) is 4.96. The molecule has 27 heavy (non-hydrogen) atoms. The predicted octanol–water partition coefficient (Wildman–Crippen LogP) is 2.93. The molecule has 0 saturated heterocycles. The molecule has 1 amide bonds. The monoisotopic (exact) mass is 387 g/mol. The number of carbonyl (C=O) groups is 1. The molecule has 0 atom stereocenters. The second-order valence-electron chi connectivity index (χ2n) is 6.04. The zero-order valence-corrected chi connectivity index (χ0v) is 16.6. The van der Waals surface area contributed by atoms with Crippen LogP contribution in [0.25, 0.3) is 5.70 Å². The summed E-state index contributed by atoms with van der Waals surface area (Å²) in [5.41, 5.74) is 8.07. The summed E-state index contributed by atoms with van der Waals surface area (Å²) in [4.78, 5) is 12.5. The maximum Gasteiger partial charge on any atom is 0.269 e. The lowest BCUT2D eigenvalue weighted by atomic mass is 10.1. The summed E-state index contributed by atoms with van der Waals surface area (Å²) in [5.74, 6) is -0.445. The van der Waals surface area contributed by atoms with Gasteiger partial charge in [-0.05, 0) is 30.7 Å². The quantitative estimate of drug-likeness (QED) is 0.683. The van der Waals surface area contributed by atoms with Gasteiger partial charge in [0.05, 0.1) is 10.6 Å². The molecule has 2 aromatic carbocycles. The van der Waals surface area contributed by atoms with Crippen LogP contribution in [0, 0.1) is 6.92 Å². The molecule has 0 fully saturated rings. The Hall–Kier alpha value is -2.64. The highest BCUT2D eigenvalue weighted by atomic mass is 32.2. The molecular formula is C20H25N3O3S. The van der Waals surface area contributed by atoms with Gasteiger partial charge >= 0.3 is 0 Å². The number of aryl methyl sites for hydroxylation is 1. The van der Waals surface area contributed by atoms with Gasteiger partial charge in [0.1, 0.15) is 0 Å². The summed E-state index contributed by atoms with van der Waals surface area (Å²) >= 11 is 0. The lowest BCUT2D eigenvalue weighted by Crippen LogP contribution is -2.36. The summed E-state index contributed by atoms with van der Waals surface area (Å²) in [6.45, 7) is 10.2. The molecule has 0 aliphatic rings. The van der Waals surface area contributed by atoms with E-state index in [9.17, 15) is 13.2 Å². The van der Waals surface area contributed by atoms with Crippen LogP contribution < -0.4 is 10.9 Å². The normalized spacial score (nSPS) is 11.3. The molecule has 144 valence electrons.